The first-order valence-electron chi connectivity index (χ1n) is 9.05. The number of hydrogen-bond acceptors (Lipinski definition) is 7. The average molecular weight is 449 g/mol. The predicted octanol–water partition coefficient (Wildman–Crippen LogP) is 1.43. The lowest BCUT2D eigenvalue weighted by molar-refractivity contribution is -0.121. The van der Waals surface area contributed by atoms with Gasteiger partial charge < -0.3 is 14.8 Å². The summed E-state index contributed by atoms with van der Waals surface area (Å²) in [5.41, 5.74) is 3.35. The van der Waals surface area contributed by atoms with E-state index in [0.29, 0.717) is 22.7 Å². The zero-order valence-corrected chi connectivity index (χ0v) is 18.4. The molecule has 0 spiro atoms. The molecule has 0 unspecified atom stereocenters. The van der Waals surface area contributed by atoms with E-state index >= 15 is 0 Å². The number of ether oxygens (including phenoxy) is 2. The highest BCUT2D eigenvalue weighted by Crippen LogP contribution is 2.23. The Hall–Kier alpha value is -3.44. The summed E-state index contributed by atoms with van der Waals surface area (Å²) < 4.78 is 36.5. The maximum atomic E-state index is 12.6. The van der Waals surface area contributed by atoms with Crippen molar-refractivity contribution in [2.45, 2.75) is 11.8 Å². The molecule has 10 nitrogen and oxygen atoms in total. The number of hydrazone groups is 1. The molecule has 2 N–H and O–H groups in total. The summed E-state index contributed by atoms with van der Waals surface area (Å²) in [6.07, 6.45) is 1.38. The van der Waals surface area contributed by atoms with E-state index in [1.54, 1.807) is 18.2 Å². The van der Waals surface area contributed by atoms with Gasteiger partial charge in [-0.15, -0.1) is 0 Å². The monoisotopic (exact) mass is 448 g/mol. The number of hydrogen-bond donors (Lipinski definition) is 2. The molecule has 0 radical (unpaired) electrons. The van der Waals surface area contributed by atoms with Crippen LogP contribution in [0.25, 0.3) is 0 Å². The van der Waals surface area contributed by atoms with E-state index in [9.17, 15) is 18.0 Å². The summed E-state index contributed by atoms with van der Waals surface area (Å²) in [7, 11) is 0.409. The topological polar surface area (TPSA) is 126 Å². The van der Waals surface area contributed by atoms with Crippen molar-refractivity contribution in [3.05, 3.63) is 48.0 Å². The number of rotatable bonds is 9. The molecule has 11 heteroatoms. The Morgan fingerprint density at radius 1 is 1.10 bits per heavy atom. The van der Waals surface area contributed by atoms with Crippen LogP contribution in [0.3, 0.4) is 0 Å². The first-order valence-corrected chi connectivity index (χ1v) is 10.5. The lowest BCUT2D eigenvalue weighted by Crippen LogP contribution is -2.36. The highest BCUT2D eigenvalue weighted by Gasteiger charge is 2.22. The molecule has 0 saturated heterocycles. The molecule has 0 saturated carbocycles. The van der Waals surface area contributed by atoms with Crippen molar-refractivity contribution in [2.24, 2.45) is 5.10 Å². The number of methoxy groups -OCH3 is 2. The van der Waals surface area contributed by atoms with Gasteiger partial charge in [0.1, 0.15) is 11.5 Å². The minimum absolute atomic E-state index is 0.0108. The van der Waals surface area contributed by atoms with Crippen molar-refractivity contribution in [2.75, 3.05) is 33.1 Å². The maximum absolute atomic E-state index is 12.6. The second kappa shape index (κ2) is 10.5. The number of benzene rings is 2. The largest absolute Gasteiger partial charge is 0.497 e. The number of nitrogens with one attached hydrogen (secondary N) is 2. The first-order chi connectivity index (χ1) is 14.7. The van der Waals surface area contributed by atoms with Gasteiger partial charge in [-0.1, -0.05) is 0 Å². The molecule has 2 rings (SSSR count). The van der Waals surface area contributed by atoms with E-state index in [1.807, 2.05) is 0 Å². The number of amides is 2. The minimum Gasteiger partial charge on any atom is -0.497 e. The third kappa shape index (κ3) is 6.52. The summed E-state index contributed by atoms with van der Waals surface area (Å²) >= 11 is 0. The number of carbonyl (C=O) groups excluding carboxylic acids is 2. The molecule has 31 heavy (non-hydrogen) atoms. The van der Waals surface area contributed by atoms with E-state index in [0.717, 1.165) is 4.31 Å². The van der Waals surface area contributed by atoms with Gasteiger partial charge in [0, 0.05) is 31.3 Å². The third-order valence-corrected chi connectivity index (χ3v) is 5.90. The van der Waals surface area contributed by atoms with Gasteiger partial charge in [0.05, 0.1) is 31.9 Å². The zero-order chi connectivity index (χ0) is 23.0. The number of anilines is 1. The molecule has 0 aliphatic rings. The highest BCUT2D eigenvalue weighted by molar-refractivity contribution is 7.89. The Morgan fingerprint density at radius 3 is 2.35 bits per heavy atom. The van der Waals surface area contributed by atoms with Crippen LogP contribution in [0.2, 0.25) is 0 Å². The quantitative estimate of drug-likeness (QED) is 0.441. The average Bonchev–Trinajstić information content (AvgIpc) is 2.73. The van der Waals surface area contributed by atoms with Crippen molar-refractivity contribution >= 4 is 33.7 Å². The molecular formula is C20H24N4O6S. The Morgan fingerprint density at radius 2 is 1.77 bits per heavy atom. The number of nitrogens with zero attached hydrogens (tertiary/aromatic N) is 2. The Balaban J connectivity index is 2.00. The van der Waals surface area contributed by atoms with Crippen LogP contribution in [0, 0.1) is 0 Å². The molecular weight excluding hydrogens is 424 g/mol. The van der Waals surface area contributed by atoms with Gasteiger partial charge in [-0.25, -0.2) is 13.8 Å². The number of sulfonamides is 1. The first kappa shape index (κ1) is 23.8. The molecule has 2 amide bonds. The molecule has 0 heterocycles. The fraction of sp³-hybridized carbons (Fsp3) is 0.250. The van der Waals surface area contributed by atoms with Crippen LogP contribution in [0.4, 0.5) is 5.69 Å². The summed E-state index contributed by atoms with van der Waals surface area (Å²) in [5, 5.41) is 6.40. The van der Waals surface area contributed by atoms with Crippen molar-refractivity contribution in [1.82, 2.24) is 9.73 Å². The fourth-order valence-corrected chi connectivity index (χ4v) is 3.64. The van der Waals surface area contributed by atoms with E-state index in [2.05, 4.69) is 15.8 Å². The number of likely N-dealkylation sites (N-methyl/N-ethyl adjacent to an activating group) is 1. The second-order valence-electron chi connectivity index (χ2n) is 6.37. The smallest absolute Gasteiger partial charge is 0.255 e. The Bertz CT molecular complexity index is 1070. The van der Waals surface area contributed by atoms with Crippen LogP contribution in [0.1, 0.15) is 12.5 Å². The second-order valence-corrected chi connectivity index (χ2v) is 8.41. The molecule has 0 atom stereocenters. The minimum atomic E-state index is -3.90. The number of carbonyl (C=O) groups is 2. The molecule has 2 aromatic rings. The van der Waals surface area contributed by atoms with E-state index < -0.39 is 22.5 Å². The van der Waals surface area contributed by atoms with Crippen LogP contribution >= 0.6 is 0 Å². The maximum Gasteiger partial charge on any atom is 0.255 e. The normalized spacial score (nSPS) is 11.4. The molecule has 0 fully saturated rings. The van der Waals surface area contributed by atoms with Crippen LogP contribution in [-0.2, 0) is 19.6 Å². The van der Waals surface area contributed by atoms with Crippen LogP contribution in [0.15, 0.2) is 52.5 Å². The standard InChI is InChI=1S/C20H24N4O6S/c1-14(25)22-16-6-9-18(10-7-16)31(27,28)24(2)13-20(26)23-21-12-15-5-8-17(29-3)11-19(15)30-4/h5-12H,13H2,1-4H3,(H,22,25)(H,23,26)/b21-12-. The van der Waals surface area contributed by atoms with Crippen molar-refractivity contribution in [1.29, 1.82) is 0 Å². The van der Waals surface area contributed by atoms with E-state index in [-0.39, 0.29) is 10.8 Å². The van der Waals surface area contributed by atoms with Gasteiger partial charge in [0.15, 0.2) is 0 Å². The Labute approximate surface area is 180 Å². The lowest BCUT2D eigenvalue weighted by Gasteiger charge is -2.16. The van der Waals surface area contributed by atoms with Gasteiger partial charge in [-0.3, -0.25) is 9.59 Å². The van der Waals surface area contributed by atoms with Gasteiger partial charge in [-0.05, 0) is 36.4 Å². The van der Waals surface area contributed by atoms with Crippen LogP contribution < -0.4 is 20.2 Å². The van der Waals surface area contributed by atoms with Crippen LogP contribution in [0.5, 0.6) is 11.5 Å². The van der Waals surface area contributed by atoms with Gasteiger partial charge in [0.25, 0.3) is 5.91 Å². The van der Waals surface area contributed by atoms with Crippen LogP contribution in [-0.4, -0.2) is 58.6 Å². The zero-order valence-electron chi connectivity index (χ0n) is 17.6. The summed E-state index contributed by atoms with van der Waals surface area (Å²) in [4.78, 5) is 23.2. The highest BCUT2D eigenvalue weighted by atomic mass is 32.2. The van der Waals surface area contributed by atoms with Crippen molar-refractivity contribution in [3.8, 4) is 11.5 Å². The molecule has 0 bridgehead atoms. The molecule has 166 valence electrons. The van der Waals surface area contributed by atoms with Gasteiger partial charge in [0.2, 0.25) is 15.9 Å². The Kier molecular flexibility index (Phi) is 8.11. The van der Waals surface area contributed by atoms with Crippen molar-refractivity contribution < 1.29 is 27.5 Å². The lowest BCUT2D eigenvalue weighted by atomic mass is 10.2. The van der Waals surface area contributed by atoms with Crippen molar-refractivity contribution in [3.63, 3.8) is 0 Å². The molecule has 2 aromatic carbocycles. The summed E-state index contributed by atoms with van der Waals surface area (Å²) in [5.74, 6) is 0.219. The third-order valence-electron chi connectivity index (χ3n) is 4.08. The van der Waals surface area contributed by atoms with Gasteiger partial charge in [-0.2, -0.15) is 9.41 Å². The fourth-order valence-electron chi connectivity index (χ4n) is 2.51. The molecule has 0 aliphatic carbocycles. The molecule has 0 aromatic heterocycles. The predicted molar refractivity (Wildman–Crippen MR) is 116 cm³/mol. The molecule has 0 aliphatic heterocycles. The van der Waals surface area contributed by atoms with E-state index in [1.165, 1.54) is 58.7 Å². The summed E-state index contributed by atoms with van der Waals surface area (Å²) in [6, 6.07) is 10.7. The van der Waals surface area contributed by atoms with E-state index in [4.69, 9.17) is 9.47 Å². The summed E-state index contributed by atoms with van der Waals surface area (Å²) in [6.45, 7) is 0.914. The van der Waals surface area contributed by atoms with Gasteiger partial charge >= 0.3 is 0 Å². The SMILES string of the molecule is COc1ccc(/C=N\NC(=O)CN(C)S(=O)(=O)c2ccc(NC(C)=O)cc2)c(OC)c1.